The van der Waals surface area contributed by atoms with Gasteiger partial charge in [-0.15, -0.1) is 0 Å². The molecular weight excluding hydrogens is 358 g/mol. The molecule has 0 unspecified atom stereocenters. The minimum atomic E-state index is -0.331. The van der Waals surface area contributed by atoms with Crippen LogP contribution in [-0.2, 0) is 6.54 Å². The molecule has 8 heteroatoms. The van der Waals surface area contributed by atoms with Gasteiger partial charge in [0.05, 0.1) is 18.4 Å². The SMILES string of the molecule is COc1ccc(CNC(=O)Nc2ccc(C)cc2-c2nc(C3CC3)no2)cn1. The third-order valence-electron chi connectivity index (χ3n) is 4.50. The fourth-order valence-electron chi connectivity index (χ4n) is 2.78. The fraction of sp³-hybridized carbons (Fsp3) is 0.300. The number of anilines is 1. The molecule has 2 aromatic heterocycles. The van der Waals surface area contributed by atoms with Crippen LogP contribution in [-0.4, -0.2) is 28.3 Å². The van der Waals surface area contributed by atoms with Crippen molar-refractivity contribution in [3.8, 4) is 17.3 Å². The largest absolute Gasteiger partial charge is 0.481 e. The van der Waals surface area contributed by atoms with Crippen LogP contribution < -0.4 is 15.4 Å². The maximum absolute atomic E-state index is 12.4. The highest BCUT2D eigenvalue weighted by atomic mass is 16.5. The van der Waals surface area contributed by atoms with Gasteiger partial charge in [0.1, 0.15) is 0 Å². The minimum Gasteiger partial charge on any atom is -0.481 e. The summed E-state index contributed by atoms with van der Waals surface area (Å²) < 4.78 is 10.5. The molecule has 3 aromatic rings. The zero-order chi connectivity index (χ0) is 19.5. The van der Waals surface area contributed by atoms with Crippen molar-refractivity contribution in [2.45, 2.75) is 32.2 Å². The van der Waals surface area contributed by atoms with Crippen molar-refractivity contribution in [1.82, 2.24) is 20.4 Å². The second kappa shape index (κ2) is 7.67. The van der Waals surface area contributed by atoms with Gasteiger partial charge in [-0.2, -0.15) is 4.98 Å². The molecule has 144 valence electrons. The lowest BCUT2D eigenvalue weighted by Crippen LogP contribution is -2.28. The van der Waals surface area contributed by atoms with Crippen molar-refractivity contribution in [2.75, 3.05) is 12.4 Å². The summed E-state index contributed by atoms with van der Waals surface area (Å²) in [7, 11) is 1.56. The van der Waals surface area contributed by atoms with E-state index in [1.807, 2.05) is 31.2 Å². The van der Waals surface area contributed by atoms with E-state index in [1.165, 1.54) is 0 Å². The molecule has 1 saturated carbocycles. The lowest BCUT2D eigenvalue weighted by molar-refractivity contribution is 0.251. The van der Waals surface area contributed by atoms with Crippen molar-refractivity contribution in [2.24, 2.45) is 0 Å². The highest BCUT2D eigenvalue weighted by molar-refractivity contribution is 5.93. The molecule has 0 saturated heterocycles. The van der Waals surface area contributed by atoms with Crippen LogP contribution in [0.1, 0.15) is 35.7 Å². The van der Waals surface area contributed by atoms with Gasteiger partial charge < -0.3 is 19.9 Å². The Hall–Kier alpha value is -3.42. The standard InChI is InChI=1S/C20H21N5O3/c1-12-3-7-16(15(9-12)19-24-18(25-28-19)14-5-6-14)23-20(26)22-11-13-4-8-17(27-2)21-10-13/h3-4,7-10,14H,5-6,11H2,1-2H3,(H2,22,23,26). The summed E-state index contributed by atoms with van der Waals surface area (Å²) in [6, 6.07) is 8.95. The van der Waals surface area contributed by atoms with Crippen LogP contribution in [0.25, 0.3) is 11.5 Å². The van der Waals surface area contributed by atoms with Crippen LogP contribution >= 0.6 is 0 Å². The second-order valence-corrected chi connectivity index (χ2v) is 6.80. The molecular formula is C20H21N5O3. The van der Waals surface area contributed by atoms with Crippen molar-refractivity contribution in [3.63, 3.8) is 0 Å². The molecule has 1 aromatic carbocycles. The molecule has 2 amide bonds. The number of nitrogens with zero attached hydrogens (tertiary/aromatic N) is 3. The quantitative estimate of drug-likeness (QED) is 0.678. The van der Waals surface area contributed by atoms with Crippen LogP contribution in [0.15, 0.2) is 41.1 Å². The number of ether oxygens (including phenoxy) is 1. The molecule has 8 nitrogen and oxygen atoms in total. The molecule has 4 rings (SSSR count). The van der Waals surface area contributed by atoms with E-state index < -0.39 is 0 Å². The molecule has 1 fully saturated rings. The molecule has 2 heterocycles. The Morgan fingerprint density at radius 1 is 1.29 bits per heavy atom. The van der Waals surface area contributed by atoms with E-state index in [0.29, 0.717) is 35.5 Å². The van der Waals surface area contributed by atoms with E-state index in [9.17, 15) is 4.79 Å². The van der Waals surface area contributed by atoms with Gasteiger partial charge in [-0.3, -0.25) is 0 Å². The first-order chi connectivity index (χ1) is 13.6. The smallest absolute Gasteiger partial charge is 0.319 e. The van der Waals surface area contributed by atoms with Crippen LogP contribution in [0.2, 0.25) is 0 Å². The number of urea groups is 1. The lowest BCUT2D eigenvalue weighted by Gasteiger charge is -2.11. The van der Waals surface area contributed by atoms with Crippen LogP contribution in [0, 0.1) is 6.92 Å². The van der Waals surface area contributed by atoms with Crippen LogP contribution in [0.3, 0.4) is 0 Å². The summed E-state index contributed by atoms with van der Waals surface area (Å²) in [5.74, 6) is 2.09. The van der Waals surface area contributed by atoms with Crippen molar-refractivity contribution >= 4 is 11.7 Å². The van der Waals surface area contributed by atoms with Gasteiger partial charge in [0.15, 0.2) is 5.82 Å². The number of pyridine rings is 1. The minimum absolute atomic E-state index is 0.331. The van der Waals surface area contributed by atoms with Crippen molar-refractivity contribution in [1.29, 1.82) is 0 Å². The summed E-state index contributed by atoms with van der Waals surface area (Å²) in [6.07, 6.45) is 3.86. The average molecular weight is 379 g/mol. The maximum Gasteiger partial charge on any atom is 0.319 e. The highest BCUT2D eigenvalue weighted by Gasteiger charge is 2.29. The maximum atomic E-state index is 12.4. The third kappa shape index (κ3) is 4.11. The summed E-state index contributed by atoms with van der Waals surface area (Å²) in [6.45, 7) is 2.32. The molecule has 0 spiro atoms. The zero-order valence-electron chi connectivity index (χ0n) is 15.7. The Kier molecular flexibility index (Phi) is 4.92. The number of carbonyl (C=O) groups excluding carboxylic acids is 1. The van der Waals surface area contributed by atoms with Gasteiger partial charge in [0.2, 0.25) is 5.88 Å². The van der Waals surface area contributed by atoms with Crippen LogP contribution in [0.4, 0.5) is 10.5 Å². The van der Waals surface area contributed by atoms with Crippen molar-refractivity contribution in [3.05, 3.63) is 53.5 Å². The Morgan fingerprint density at radius 2 is 2.14 bits per heavy atom. The van der Waals surface area contributed by atoms with Gasteiger partial charge in [0.25, 0.3) is 5.89 Å². The van der Waals surface area contributed by atoms with Crippen molar-refractivity contribution < 1.29 is 14.1 Å². The molecule has 1 aliphatic rings. The predicted octanol–water partition coefficient (Wildman–Crippen LogP) is 3.65. The summed E-state index contributed by atoms with van der Waals surface area (Å²) in [4.78, 5) is 21.0. The first-order valence-electron chi connectivity index (χ1n) is 9.11. The topological polar surface area (TPSA) is 102 Å². The van der Waals surface area contributed by atoms with Gasteiger partial charge in [-0.25, -0.2) is 9.78 Å². The number of hydrogen-bond acceptors (Lipinski definition) is 6. The number of benzene rings is 1. The number of nitrogens with one attached hydrogen (secondary N) is 2. The molecule has 28 heavy (non-hydrogen) atoms. The number of aromatic nitrogens is 3. The van der Waals surface area contributed by atoms with Gasteiger partial charge in [-0.1, -0.05) is 22.9 Å². The number of rotatable bonds is 6. The number of carbonyl (C=O) groups is 1. The Labute approximate surface area is 162 Å². The van der Waals surface area contributed by atoms with Gasteiger partial charge in [-0.05, 0) is 37.5 Å². The normalized spacial score (nSPS) is 13.2. The Bertz CT molecular complexity index is 980. The third-order valence-corrected chi connectivity index (χ3v) is 4.50. The molecule has 2 N–H and O–H groups in total. The number of amides is 2. The zero-order valence-corrected chi connectivity index (χ0v) is 15.7. The predicted molar refractivity (Wildman–Crippen MR) is 103 cm³/mol. The lowest BCUT2D eigenvalue weighted by atomic mass is 10.1. The van der Waals surface area contributed by atoms with Crippen LogP contribution in [0.5, 0.6) is 5.88 Å². The number of aryl methyl sites for hydroxylation is 1. The monoisotopic (exact) mass is 379 g/mol. The van der Waals surface area contributed by atoms with Gasteiger partial charge in [0, 0.05) is 24.7 Å². The molecule has 1 aliphatic carbocycles. The highest BCUT2D eigenvalue weighted by Crippen LogP contribution is 2.39. The van der Waals surface area contributed by atoms with E-state index >= 15 is 0 Å². The number of hydrogen-bond donors (Lipinski definition) is 2. The molecule has 0 radical (unpaired) electrons. The summed E-state index contributed by atoms with van der Waals surface area (Å²) in [5, 5.41) is 9.74. The first kappa shape index (κ1) is 18.0. The summed E-state index contributed by atoms with van der Waals surface area (Å²) in [5.41, 5.74) is 3.23. The summed E-state index contributed by atoms with van der Waals surface area (Å²) >= 11 is 0. The first-order valence-corrected chi connectivity index (χ1v) is 9.11. The molecule has 0 aliphatic heterocycles. The second-order valence-electron chi connectivity index (χ2n) is 6.80. The molecule has 0 atom stereocenters. The van der Waals surface area contributed by atoms with Gasteiger partial charge >= 0.3 is 6.03 Å². The Balaban J connectivity index is 1.45. The van der Waals surface area contributed by atoms with E-state index in [2.05, 4.69) is 25.8 Å². The number of methoxy groups -OCH3 is 1. The van der Waals surface area contributed by atoms with E-state index in [4.69, 9.17) is 9.26 Å². The van der Waals surface area contributed by atoms with E-state index in [1.54, 1.807) is 19.4 Å². The van der Waals surface area contributed by atoms with E-state index in [-0.39, 0.29) is 6.03 Å². The fourth-order valence-corrected chi connectivity index (χ4v) is 2.78. The van der Waals surface area contributed by atoms with E-state index in [0.717, 1.165) is 29.8 Å². The Morgan fingerprint density at radius 3 is 2.86 bits per heavy atom. The molecule has 0 bridgehead atoms. The average Bonchev–Trinajstić information content (AvgIpc) is 3.45.